The topological polar surface area (TPSA) is 82.1 Å². The van der Waals surface area contributed by atoms with Gasteiger partial charge in [0, 0.05) is 40.3 Å². The first-order valence-corrected chi connectivity index (χ1v) is 6.26. The third-order valence-corrected chi connectivity index (χ3v) is 3.22. The molecule has 1 saturated heterocycles. The molecule has 7 nitrogen and oxygen atoms in total. The van der Waals surface area contributed by atoms with Gasteiger partial charge in [0.15, 0.2) is 5.60 Å². The molecule has 0 aliphatic carbocycles. The smallest absolute Gasteiger partial charge is 0.338 e. The minimum Gasteiger partial charge on any atom is -0.467 e. The molecule has 1 heterocycles. The maximum Gasteiger partial charge on any atom is 0.338 e. The Morgan fingerprint density at radius 2 is 2.16 bits per heavy atom. The van der Waals surface area contributed by atoms with Crippen molar-refractivity contribution in [2.75, 3.05) is 47.4 Å². The summed E-state index contributed by atoms with van der Waals surface area (Å²) in [4.78, 5) is 26.9. The zero-order chi connectivity index (χ0) is 14.6. The van der Waals surface area contributed by atoms with E-state index in [2.05, 4.69) is 10.1 Å². The van der Waals surface area contributed by atoms with Crippen LogP contribution in [0.4, 0.5) is 0 Å². The third kappa shape index (κ3) is 3.89. The number of hydrogen-bond acceptors (Lipinski definition) is 6. The fraction of sp³-hybridized carbons (Fsp3) is 0.833. The summed E-state index contributed by atoms with van der Waals surface area (Å²) in [5.74, 6) is -0.741. The molecule has 7 heteroatoms. The largest absolute Gasteiger partial charge is 0.467 e. The highest BCUT2D eigenvalue weighted by Crippen LogP contribution is 2.14. The maximum atomic E-state index is 12.1. The molecule has 0 radical (unpaired) electrons. The van der Waals surface area contributed by atoms with E-state index < -0.39 is 11.6 Å². The minimum absolute atomic E-state index is 0.0483. The summed E-state index contributed by atoms with van der Waals surface area (Å²) in [5, 5.41) is 13.3. The minimum atomic E-state index is -1.61. The molecule has 0 saturated carbocycles. The number of likely N-dealkylation sites (N-methyl/N-ethyl adjacent to an activating group) is 1. The first-order chi connectivity index (χ1) is 8.79. The van der Waals surface area contributed by atoms with E-state index in [0.717, 1.165) is 0 Å². The molecule has 2 unspecified atom stereocenters. The Kier molecular flexibility index (Phi) is 5.28. The first kappa shape index (κ1) is 15.9. The summed E-state index contributed by atoms with van der Waals surface area (Å²) < 4.78 is 4.57. The van der Waals surface area contributed by atoms with Gasteiger partial charge in [-0.25, -0.2) is 4.79 Å². The van der Waals surface area contributed by atoms with Gasteiger partial charge in [0.25, 0.3) is 0 Å². The van der Waals surface area contributed by atoms with Gasteiger partial charge in [0.1, 0.15) is 6.04 Å². The highest BCUT2D eigenvalue weighted by molar-refractivity contribution is 5.82. The molecule has 2 atom stereocenters. The Morgan fingerprint density at radius 3 is 2.68 bits per heavy atom. The van der Waals surface area contributed by atoms with Gasteiger partial charge in [-0.2, -0.15) is 0 Å². The van der Waals surface area contributed by atoms with E-state index in [0.29, 0.717) is 19.6 Å². The van der Waals surface area contributed by atoms with Gasteiger partial charge in [0.2, 0.25) is 5.91 Å². The third-order valence-electron chi connectivity index (χ3n) is 3.22. The van der Waals surface area contributed by atoms with Crippen LogP contribution in [-0.2, 0) is 14.3 Å². The van der Waals surface area contributed by atoms with Crippen molar-refractivity contribution in [2.45, 2.75) is 18.6 Å². The number of methoxy groups -OCH3 is 1. The Hall–Kier alpha value is -1.18. The van der Waals surface area contributed by atoms with Crippen LogP contribution in [0.5, 0.6) is 0 Å². The molecule has 0 bridgehead atoms. The van der Waals surface area contributed by atoms with Crippen LogP contribution in [0.15, 0.2) is 0 Å². The van der Waals surface area contributed by atoms with E-state index >= 15 is 0 Å². The lowest BCUT2D eigenvalue weighted by Gasteiger charge is -2.39. The first-order valence-electron chi connectivity index (χ1n) is 6.26. The summed E-state index contributed by atoms with van der Waals surface area (Å²) >= 11 is 0. The van der Waals surface area contributed by atoms with Crippen LogP contribution in [0, 0.1) is 0 Å². The number of amides is 1. The number of nitrogens with zero attached hydrogens (tertiary/aromatic N) is 2. The lowest BCUT2D eigenvalue weighted by molar-refractivity contribution is -0.164. The molecule has 1 fully saturated rings. The van der Waals surface area contributed by atoms with E-state index in [1.165, 1.54) is 18.9 Å². The quantitative estimate of drug-likeness (QED) is 0.593. The number of β-amino-alcohol motifs (C(OH)–C–C–N with tert-alkyl or cyclic N) is 1. The van der Waals surface area contributed by atoms with Gasteiger partial charge >= 0.3 is 5.97 Å². The number of piperazine rings is 1. The Balaban J connectivity index is 2.78. The molecule has 1 amide bonds. The van der Waals surface area contributed by atoms with Crippen molar-refractivity contribution in [2.24, 2.45) is 0 Å². The van der Waals surface area contributed by atoms with Gasteiger partial charge in [-0.15, -0.1) is 0 Å². The second-order valence-corrected chi connectivity index (χ2v) is 5.19. The molecule has 110 valence electrons. The number of esters is 1. The van der Waals surface area contributed by atoms with Crippen LogP contribution in [0.2, 0.25) is 0 Å². The number of ether oxygens (including phenoxy) is 1. The average molecular weight is 273 g/mol. The van der Waals surface area contributed by atoms with Gasteiger partial charge < -0.3 is 20.1 Å². The molecule has 0 aromatic carbocycles. The van der Waals surface area contributed by atoms with Crippen molar-refractivity contribution in [1.29, 1.82) is 0 Å². The van der Waals surface area contributed by atoms with Crippen molar-refractivity contribution in [3.63, 3.8) is 0 Å². The van der Waals surface area contributed by atoms with Gasteiger partial charge in [0.05, 0.1) is 7.11 Å². The zero-order valence-corrected chi connectivity index (χ0v) is 12.0. The van der Waals surface area contributed by atoms with E-state index in [1.54, 1.807) is 14.1 Å². The normalized spacial score (nSPS) is 23.5. The van der Waals surface area contributed by atoms with Crippen LogP contribution in [0.25, 0.3) is 0 Å². The second-order valence-electron chi connectivity index (χ2n) is 5.19. The monoisotopic (exact) mass is 273 g/mol. The molecule has 1 aliphatic rings. The SMILES string of the molecule is COC(=O)C(C)(O)CN1CCNCC1C(=O)N(C)C. The molecule has 0 aromatic rings. The summed E-state index contributed by atoms with van der Waals surface area (Å²) in [6.45, 7) is 3.30. The fourth-order valence-electron chi connectivity index (χ4n) is 2.16. The Labute approximate surface area is 113 Å². The summed E-state index contributed by atoms with van der Waals surface area (Å²) in [5.41, 5.74) is -1.61. The van der Waals surface area contributed by atoms with Crippen LogP contribution in [0.1, 0.15) is 6.92 Å². The summed E-state index contributed by atoms with van der Waals surface area (Å²) in [6.07, 6.45) is 0. The molecule has 1 aliphatic heterocycles. The number of hydrogen-bond donors (Lipinski definition) is 2. The van der Waals surface area contributed by atoms with Crippen molar-refractivity contribution in [3.05, 3.63) is 0 Å². The molecule has 19 heavy (non-hydrogen) atoms. The maximum absolute atomic E-state index is 12.1. The van der Waals surface area contributed by atoms with Gasteiger partial charge in [-0.1, -0.05) is 0 Å². The van der Waals surface area contributed by atoms with Gasteiger partial charge in [-0.05, 0) is 6.92 Å². The van der Waals surface area contributed by atoms with Crippen LogP contribution in [0.3, 0.4) is 0 Å². The predicted octanol–water partition coefficient (Wildman–Crippen LogP) is -1.73. The van der Waals surface area contributed by atoms with Crippen molar-refractivity contribution in [3.8, 4) is 0 Å². The second kappa shape index (κ2) is 6.31. The number of carbonyl (C=O) groups is 2. The average Bonchev–Trinajstić information content (AvgIpc) is 2.36. The van der Waals surface area contributed by atoms with Gasteiger partial charge in [-0.3, -0.25) is 9.69 Å². The molecular weight excluding hydrogens is 250 g/mol. The van der Waals surface area contributed by atoms with Crippen LogP contribution >= 0.6 is 0 Å². The Bertz CT molecular complexity index is 344. The number of aliphatic hydroxyl groups is 1. The number of nitrogens with one attached hydrogen (secondary N) is 1. The molecular formula is C12H23N3O4. The standard InChI is InChI=1S/C12H23N3O4/c1-12(18,11(17)19-4)8-15-6-5-13-7-9(15)10(16)14(2)3/h9,13,18H,5-8H2,1-4H3. The molecule has 0 aromatic heterocycles. The van der Waals surface area contributed by atoms with Crippen molar-refractivity contribution in [1.82, 2.24) is 15.1 Å². The summed E-state index contributed by atoms with van der Waals surface area (Å²) in [7, 11) is 4.61. The summed E-state index contributed by atoms with van der Waals surface area (Å²) in [6, 6.07) is -0.375. The van der Waals surface area contributed by atoms with Crippen LogP contribution in [-0.4, -0.2) is 85.8 Å². The highest BCUT2D eigenvalue weighted by atomic mass is 16.5. The fourth-order valence-corrected chi connectivity index (χ4v) is 2.16. The van der Waals surface area contributed by atoms with Crippen molar-refractivity contribution < 1.29 is 19.4 Å². The van der Waals surface area contributed by atoms with E-state index in [1.807, 2.05) is 4.90 Å². The van der Waals surface area contributed by atoms with Crippen LogP contribution < -0.4 is 5.32 Å². The van der Waals surface area contributed by atoms with E-state index in [4.69, 9.17) is 0 Å². The lowest BCUT2D eigenvalue weighted by Crippen LogP contribution is -2.61. The Morgan fingerprint density at radius 1 is 1.53 bits per heavy atom. The molecule has 0 spiro atoms. The zero-order valence-electron chi connectivity index (χ0n) is 12.0. The molecule has 2 N–H and O–H groups in total. The van der Waals surface area contributed by atoms with E-state index in [9.17, 15) is 14.7 Å². The van der Waals surface area contributed by atoms with E-state index in [-0.39, 0.29) is 18.5 Å². The lowest BCUT2D eigenvalue weighted by atomic mass is 10.0. The predicted molar refractivity (Wildman–Crippen MR) is 69.6 cm³/mol. The number of carbonyl (C=O) groups excluding carboxylic acids is 2. The highest BCUT2D eigenvalue weighted by Gasteiger charge is 2.39. The molecule has 1 rings (SSSR count). The number of rotatable bonds is 4. The van der Waals surface area contributed by atoms with Crippen molar-refractivity contribution >= 4 is 11.9 Å².